The van der Waals surface area contributed by atoms with Crippen LogP contribution in [0.2, 0.25) is 10.0 Å². The Morgan fingerprint density at radius 3 is 2.46 bits per heavy atom. The first-order valence-corrected chi connectivity index (χ1v) is 10.2. The van der Waals surface area contributed by atoms with E-state index in [0.29, 0.717) is 29.6 Å². The normalized spacial score (nSPS) is 17.6. The van der Waals surface area contributed by atoms with Gasteiger partial charge in [0.1, 0.15) is 6.04 Å². The van der Waals surface area contributed by atoms with Crippen molar-refractivity contribution >= 4 is 35.0 Å². The summed E-state index contributed by atoms with van der Waals surface area (Å²) in [6.45, 7) is 5.22. The molecule has 0 aliphatic carbocycles. The molecular weight excluding hydrogens is 395 g/mol. The maximum Gasteiger partial charge on any atom is 0.253 e. The van der Waals surface area contributed by atoms with E-state index < -0.39 is 6.04 Å². The van der Waals surface area contributed by atoms with Crippen molar-refractivity contribution in [1.29, 1.82) is 0 Å². The van der Waals surface area contributed by atoms with Crippen molar-refractivity contribution in [3.05, 3.63) is 69.7 Å². The van der Waals surface area contributed by atoms with Crippen molar-refractivity contribution in [3.8, 4) is 0 Å². The Labute approximate surface area is 175 Å². The molecule has 1 N–H and O–H groups in total. The zero-order chi connectivity index (χ0) is 20.3. The first-order valence-electron chi connectivity index (χ1n) is 9.46. The van der Waals surface area contributed by atoms with Crippen LogP contribution in [-0.4, -0.2) is 35.8 Å². The van der Waals surface area contributed by atoms with Gasteiger partial charge in [0.25, 0.3) is 5.91 Å². The lowest BCUT2D eigenvalue weighted by Crippen LogP contribution is -2.50. The van der Waals surface area contributed by atoms with Crippen LogP contribution in [0, 0.1) is 5.92 Å². The lowest BCUT2D eigenvalue weighted by molar-refractivity contribution is -0.133. The summed E-state index contributed by atoms with van der Waals surface area (Å²) in [6, 6.07) is 14.3. The fourth-order valence-corrected chi connectivity index (χ4v) is 4.05. The molecule has 6 heteroatoms. The summed E-state index contributed by atoms with van der Waals surface area (Å²) in [5.41, 5.74) is 1.56. The molecule has 28 heavy (non-hydrogen) atoms. The fraction of sp³-hybridized carbons (Fsp3) is 0.364. The molecule has 4 nitrogen and oxygen atoms in total. The zero-order valence-corrected chi connectivity index (χ0v) is 17.5. The minimum atomic E-state index is -0.603. The molecule has 0 saturated carbocycles. The van der Waals surface area contributed by atoms with Gasteiger partial charge in [-0.25, -0.2) is 0 Å². The third kappa shape index (κ3) is 4.68. The number of amides is 2. The van der Waals surface area contributed by atoms with Crippen LogP contribution >= 0.6 is 23.2 Å². The summed E-state index contributed by atoms with van der Waals surface area (Å²) in [7, 11) is 0. The molecule has 1 heterocycles. The second-order valence-electron chi connectivity index (χ2n) is 7.50. The van der Waals surface area contributed by atoms with E-state index >= 15 is 0 Å². The van der Waals surface area contributed by atoms with Crippen molar-refractivity contribution in [2.75, 3.05) is 13.1 Å². The fourth-order valence-electron chi connectivity index (χ4n) is 3.56. The molecule has 2 atom stereocenters. The molecule has 0 aromatic heterocycles. The number of carbonyl (C=O) groups is 2. The van der Waals surface area contributed by atoms with E-state index in [9.17, 15) is 9.59 Å². The molecule has 1 saturated heterocycles. The van der Waals surface area contributed by atoms with E-state index in [0.717, 1.165) is 6.42 Å². The van der Waals surface area contributed by atoms with Gasteiger partial charge in [0.15, 0.2) is 0 Å². The van der Waals surface area contributed by atoms with Gasteiger partial charge in [-0.15, -0.1) is 0 Å². The quantitative estimate of drug-likeness (QED) is 0.760. The molecule has 0 bridgehead atoms. The highest BCUT2D eigenvalue weighted by Crippen LogP contribution is 2.28. The summed E-state index contributed by atoms with van der Waals surface area (Å²) in [5.74, 6) is -0.128. The Morgan fingerprint density at radius 1 is 1.11 bits per heavy atom. The first-order chi connectivity index (χ1) is 13.4. The molecule has 2 amide bonds. The number of benzene rings is 2. The number of rotatable bonds is 5. The highest BCUT2D eigenvalue weighted by Gasteiger charge is 2.34. The Morgan fingerprint density at radius 2 is 1.82 bits per heavy atom. The second kappa shape index (κ2) is 8.97. The molecule has 2 unspecified atom stereocenters. The van der Waals surface area contributed by atoms with Crippen molar-refractivity contribution in [2.45, 2.75) is 32.2 Å². The lowest BCUT2D eigenvalue weighted by atomic mass is 9.98. The van der Waals surface area contributed by atoms with Crippen LogP contribution < -0.4 is 5.32 Å². The highest BCUT2D eigenvalue weighted by molar-refractivity contribution is 6.36. The van der Waals surface area contributed by atoms with Gasteiger partial charge in [0.2, 0.25) is 5.91 Å². The Kier molecular flexibility index (Phi) is 6.63. The summed E-state index contributed by atoms with van der Waals surface area (Å²) >= 11 is 12.0. The molecule has 0 radical (unpaired) electrons. The number of hydrogen-bond acceptors (Lipinski definition) is 2. The first kappa shape index (κ1) is 20.7. The van der Waals surface area contributed by atoms with Crippen molar-refractivity contribution in [3.63, 3.8) is 0 Å². The monoisotopic (exact) mass is 418 g/mol. The summed E-state index contributed by atoms with van der Waals surface area (Å²) < 4.78 is 0. The Bertz CT molecular complexity index is 855. The number of halogens is 2. The SMILES string of the molecule is CC(C)C(NC(=O)c1ccc(Cl)cc1Cl)C(=O)N1CCC(c2ccccc2)C1. The van der Waals surface area contributed by atoms with Crippen molar-refractivity contribution in [2.24, 2.45) is 5.92 Å². The van der Waals surface area contributed by atoms with E-state index in [1.165, 1.54) is 11.6 Å². The lowest BCUT2D eigenvalue weighted by Gasteiger charge is -2.27. The van der Waals surface area contributed by atoms with Gasteiger partial charge < -0.3 is 10.2 Å². The molecule has 3 rings (SSSR count). The number of nitrogens with one attached hydrogen (secondary N) is 1. The van der Waals surface area contributed by atoms with Crippen LogP contribution in [0.1, 0.15) is 42.1 Å². The number of hydrogen-bond donors (Lipinski definition) is 1. The third-order valence-electron chi connectivity index (χ3n) is 5.17. The van der Waals surface area contributed by atoms with Gasteiger partial charge in [0.05, 0.1) is 10.6 Å². The predicted octanol–water partition coefficient (Wildman–Crippen LogP) is 4.76. The van der Waals surface area contributed by atoms with Crippen LogP contribution in [0.4, 0.5) is 0 Å². The van der Waals surface area contributed by atoms with Gasteiger partial charge in [-0.05, 0) is 36.1 Å². The molecule has 1 aliphatic rings. The number of carbonyl (C=O) groups excluding carboxylic acids is 2. The minimum absolute atomic E-state index is 0.0432. The maximum atomic E-state index is 13.1. The summed E-state index contributed by atoms with van der Waals surface area (Å²) in [5, 5.41) is 3.60. The molecule has 1 fully saturated rings. The zero-order valence-electron chi connectivity index (χ0n) is 16.0. The van der Waals surface area contributed by atoms with Crippen LogP contribution in [0.5, 0.6) is 0 Å². The van der Waals surface area contributed by atoms with Gasteiger partial charge in [-0.3, -0.25) is 9.59 Å². The van der Waals surface area contributed by atoms with E-state index in [1.54, 1.807) is 12.1 Å². The maximum absolute atomic E-state index is 13.1. The van der Waals surface area contributed by atoms with E-state index in [4.69, 9.17) is 23.2 Å². The second-order valence-corrected chi connectivity index (χ2v) is 8.34. The van der Waals surface area contributed by atoms with Crippen LogP contribution in [0.15, 0.2) is 48.5 Å². The van der Waals surface area contributed by atoms with Gasteiger partial charge in [-0.1, -0.05) is 67.4 Å². The Hall–Kier alpha value is -2.04. The van der Waals surface area contributed by atoms with Gasteiger partial charge in [-0.2, -0.15) is 0 Å². The molecule has 2 aromatic rings. The highest BCUT2D eigenvalue weighted by atomic mass is 35.5. The van der Waals surface area contributed by atoms with Crippen LogP contribution in [0.3, 0.4) is 0 Å². The minimum Gasteiger partial charge on any atom is -0.340 e. The smallest absolute Gasteiger partial charge is 0.253 e. The number of likely N-dealkylation sites (tertiary alicyclic amines) is 1. The standard InChI is InChI=1S/C22H24Cl2N2O2/c1-14(2)20(25-21(27)18-9-8-17(23)12-19(18)24)22(28)26-11-10-16(13-26)15-6-4-3-5-7-15/h3-9,12,14,16,20H,10-11,13H2,1-2H3,(H,25,27). The van der Waals surface area contributed by atoms with E-state index in [2.05, 4.69) is 17.4 Å². The van der Waals surface area contributed by atoms with E-state index in [1.807, 2.05) is 36.9 Å². The van der Waals surface area contributed by atoms with Crippen molar-refractivity contribution in [1.82, 2.24) is 10.2 Å². The average molecular weight is 419 g/mol. The molecule has 2 aromatic carbocycles. The average Bonchev–Trinajstić information content (AvgIpc) is 3.16. The molecular formula is C22H24Cl2N2O2. The predicted molar refractivity (Wildman–Crippen MR) is 113 cm³/mol. The van der Waals surface area contributed by atoms with E-state index in [-0.39, 0.29) is 22.8 Å². The summed E-state index contributed by atoms with van der Waals surface area (Å²) in [6.07, 6.45) is 0.928. The molecule has 0 spiro atoms. The third-order valence-corrected chi connectivity index (χ3v) is 5.71. The van der Waals surface area contributed by atoms with Gasteiger partial charge >= 0.3 is 0 Å². The largest absolute Gasteiger partial charge is 0.340 e. The topological polar surface area (TPSA) is 49.4 Å². The van der Waals surface area contributed by atoms with Gasteiger partial charge in [0, 0.05) is 24.0 Å². The Balaban J connectivity index is 1.70. The van der Waals surface area contributed by atoms with Crippen molar-refractivity contribution < 1.29 is 9.59 Å². The summed E-state index contributed by atoms with van der Waals surface area (Å²) in [4.78, 5) is 27.7. The van der Waals surface area contributed by atoms with Crippen LogP contribution in [0.25, 0.3) is 0 Å². The number of nitrogens with zero attached hydrogens (tertiary/aromatic N) is 1. The van der Waals surface area contributed by atoms with Crippen LogP contribution in [-0.2, 0) is 4.79 Å². The molecule has 148 valence electrons. The molecule has 1 aliphatic heterocycles.